The molecule has 9 heteroatoms. The summed E-state index contributed by atoms with van der Waals surface area (Å²) in [5.41, 5.74) is 2.06. The third kappa shape index (κ3) is 4.01. The van der Waals surface area contributed by atoms with E-state index in [2.05, 4.69) is 4.98 Å². The number of rotatable bonds is 6. The summed E-state index contributed by atoms with van der Waals surface area (Å²) in [4.78, 5) is 26.2. The van der Waals surface area contributed by atoms with Crippen LogP contribution in [0.25, 0.3) is 11.4 Å². The fourth-order valence-corrected chi connectivity index (χ4v) is 3.85. The summed E-state index contributed by atoms with van der Waals surface area (Å²) < 4.78 is 1.88. The summed E-state index contributed by atoms with van der Waals surface area (Å²) in [6, 6.07) is 11.0. The molecule has 0 bridgehead atoms. The van der Waals surface area contributed by atoms with Crippen LogP contribution < -0.4 is 4.90 Å². The third-order valence-corrected chi connectivity index (χ3v) is 5.42. The zero-order valence-corrected chi connectivity index (χ0v) is 17.9. The van der Waals surface area contributed by atoms with Crippen molar-refractivity contribution in [2.45, 2.75) is 13.0 Å². The highest BCUT2D eigenvalue weighted by atomic mass is 35.5. The van der Waals surface area contributed by atoms with E-state index in [0.29, 0.717) is 53.6 Å². The van der Waals surface area contributed by atoms with E-state index < -0.39 is 0 Å². The smallest absolute Gasteiger partial charge is 0.275 e. The van der Waals surface area contributed by atoms with Gasteiger partial charge in [0.1, 0.15) is 5.82 Å². The van der Waals surface area contributed by atoms with Gasteiger partial charge in [0.15, 0.2) is 11.5 Å². The van der Waals surface area contributed by atoms with Crippen LogP contribution in [-0.4, -0.2) is 57.3 Å². The number of anilines is 1. The number of nitrogens with zero attached hydrogens (tertiary/aromatic N) is 5. The maximum absolute atomic E-state index is 13.3. The van der Waals surface area contributed by atoms with Gasteiger partial charge in [0.2, 0.25) is 0 Å². The topological polar surface area (TPSA) is 74.5 Å². The van der Waals surface area contributed by atoms with Crippen LogP contribution in [0.2, 0.25) is 10.0 Å². The van der Waals surface area contributed by atoms with Crippen LogP contribution in [0.1, 0.15) is 22.6 Å². The molecule has 1 aromatic carbocycles. The molecule has 0 unspecified atom stereocenters. The summed E-state index contributed by atoms with van der Waals surface area (Å²) in [5.74, 6) is 1.14. The first kappa shape index (κ1) is 20.7. The van der Waals surface area contributed by atoms with Crippen LogP contribution in [0.4, 0.5) is 5.82 Å². The quantitative estimate of drug-likeness (QED) is 0.627. The number of benzene rings is 1. The number of carbonyl (C=O) groups excluding carboxylic acids is 1. The van der Waals surface area contributed by atoms with Gasteiger partial charge in [-0.1, -0.05) is 35.3 Å². The molecule has 30 heavy (non-hydrogen) atoms. The number of fused-ring (bicyclic) bond motifs is 1. The molecule has 0 saturated heterocycles. The van der Waals surface area contributed by atoms with Gasteiger partial charge in [-0.25, -0.2) is 4.98 Å². The van der Waals surface area contributed by atoms with E-state index in [1.54, 1.807) is 23.2 Å². The Hall–Kier alpha value is -2.61. The van der Waals surface area contributed by atoms with Crippen molar-refractivity contribution < 1.29 is 9.90 Å². The molecule has 3 aromatic rings. The maximum atomic E-state index is 13.3. The van der Waals surface area contributed by atoms with Crippen LogP contribution in [-0.2, 0) is 6.54 Å². The van der Waals surface area contributed by atoms with Gasteiger partial charge in [0.05, 0.1) is 23.9 Å². The fraction of sp³-hybridized carbons (Fsp3) is 0.286. The molecule has 4 rings (SSSR count). The molecule has 0 saturated carbocycles. The third-order valence-electron chi connectivity index (χ3n) is 4.96. The number of aliphatic hydroxyl groups is 1. The Kier molecular flexibility index (Phi) is 5.94. The van der Waals surface area contributed by atoms with Gasteiger partial charge in [0.25, 0.3) is 5.91 Å². The lowest BCUT2D eigenvalue weighted by Crippen LogP contribution is -2.46. The van der Waals surface area contributed by atoms with Crippen molar-refractivity contribution in [3.63, 3.8) is 0 Å². The predicted molar refractivity (Wildman–Crippen MR) is 117 cm³/mol. The van der Waals surface area contributed by atoms with Crippen LogP contribution in [0, 0.1) is 0 Å². The standard InChI is InChI=1S/C21H21Cl2N5O2/c1-26-13-27(8-3-9-29)21(30)18-20(26)25-19(14-4-2-5-15(22)10-14)28(18)12-17-7-6-16(23)11-24-17/h2,4-7,10-11,29H,3,8-9,12-13H2,1H3. The van der Waals surface area contributed by atoms with Gasteiger partial charge in [-0.2, -0.15) is 0 Å². The molecule has 0 spiro atoms. The lowest BCUT2D eigenvalue weighted by molar-refractivity contribution is 0.0722. The van der Waals surface area contributed by atoms with Gasteiger partial charge in [-0.05, 0) is 30.7 Å². The number of amides is 1. The van der Waals surface area contributed by atoms with Gasteiger partial charge in [0, 0.05) is 37.0 Å². The predicted octanol–water partition coefficient (Wildman–Crippen LogP) is 3.53. The molecule has 1 aliphatic heterocycles. The summed E-state index contributed by atoms with van der Waals surface area (Å²) in [6.07, 6.45) is 2.10. The molecule has 156 valence electrons. The second kappa shape index (κ2) is 8.63. The number of aliphatic hydroxyl groups excluding tert-OH is 1. The number of halogens is 2. The molecular weight excluding hydrogens is 425 g/mol. The molecule has 2 aromatic heterocycles. The van der Waals surface area contributed by atoms with Crippen molar-refractivity contribution in [1.29, 1.82) is 0 Å². The van der Waals surface area contributed by atoms with E-state index in [9.17, 15) is 9.90 Å². The maximum Gasteiger partial charge on any atom is 0.275 e. The number of carbonyl (C=O) groups is 1. The van der Waals surface area contributed by atoms with Crippen molar-refractivity contribution >= 4 is 34.9 Å². The van der Waals surface area contributed by atoms with E-state index in [4.69, 9.17) is 28.2 Å². The molecular formula is C21H21Cl2N5O2. The molecule has 7 nitrogen and oxygen atoms in total. The number of hydrogen-bond donors (Lipinski definition) is 1. The van der Waals surface area contributed by atoms with Crippen LogP contribution >= 0.6 is 23.2 Å². The van der Waals surface area contributed by atoms with Crippen LogP contribution in [0.15, 0.2) is 42.6 Å². The molecule has 0 aliphatic carbocycles. The molecule has 0 atom stereocenters. The minimum Gasteiger partial charge on any atom is -0.396 e. The second-order valence-corrected chi connectivity index (χ2v) is 8.03. The highest BCUT2D eigenvalue weighted by Gasteiger charge is 2.34. The minimum atomic E-state index is -0.119. The Morgan fingerprint density at radius 3 is 2.70 bits per heavy atom. The van der Waals surface area contributed by atoms with E-state index in [1.165, 1.54) is 0 Å². The summed E-state index contributed by atoms with van der Waals surface area (Å²) in [7, 11) is 1.90. The SMILES string of the molecule is CN1CN(CCCO)C(=O)c2c1nc(-c1cccc(Cl)c1)n2Cc1ccc(Cl)cn1. The van der Waals surface area contributed by atoms with E-state index in [0.717, 1.165) is 11.3 Å². The zero-order valence-electron chi connectivity index (χ0n) is 16.4. The highest BCUT2D eigenvalue weighted by Crippen LogP contribution is 2.33. The largest absolute Gasteiger partial charge is 0.396 e. The van der Waals surface area contributed by atoms with Crippen LogP contribution in [0.5, 0.6) is 0 Å². The van der Waals surface area contributed by atoms with Crippen molar-refractivity contribution in [1.82, 2.24) is 19.4 Å². The number of aromatic nitrogens is 3. The minimum absolute atomic E-state index is 0.0298. The fourth-order valence-electron chi connectivity index (χ4n) is 3.55. The molecule has 1 aliphatic rings. The Bertz CT molecular complexity index is 1070. The Morgan fingerprint density at radius 1 is 1.17 bits per heavy atom. The summed E-state index contributed by atoms with van der Waals surface area (Å²) in [5, 5.41) is 10.3. The number of imidazole rings is 1. The second-order valence-electron chi connectivity index (χ2n) is 7.16. The molecule has 1 amide bonds. The average Bonchev–Trinajstić information content (AvgIpc) is 3.11. The molecule has 1 N–H and O–H groups in total. The number of pyridine rings is 1. The van der Waals surface area contributed by atoms with E-state index in [-0.39, 0.29) is 12.5 Å². The lowest BCUT2D eigenvalue weighted by Gasteiger charge is -2.33. The van der Waals surface area contributed by atoms with Crippen molar-refractivity contribution in [3.8, 4) is 11.4 Å². The highest BCUT2D eigenvalue weighted by molar-refractivity contribution is 6.31. The first-order valence-corrected chi connectivity index (χ1v) is 10.3. The first-order chi connectivity index (χ1) is 14.5. The van der Waals surface area contributed by atoms with E-state index in [1.807, 2.05) is 40.8 Å². The average molecular weight is 446 g/mol. The van der Waals surface area contributed by atoms with Crippen LogP contribution in [0.3, 0.4) is 0 Å². The Morgan fingerprint density at radius 2 is 2.00 bits per heavy atom. The molecule has 3 heterocycles. The number of hydrogen-bond acceptors (Lipinski definition) is 5. The van der Waals surface area contributed by atoms with E-state index >= 15 is 0 Å². The molecule has 0 fully saturated rings. The van der Waals surface area contributed by atoms with Gasteiger partial charge in [-0.3, -0.25) is 9.78 Å². The van der Waals surface area contributed by atoms with Crippen molar-refractivity contribution in [3.05, 3.63) is 64.0 Å². The summed E-state index contributed by atoms with van der Waals surface area (Å²) in [6.45, 7) is 1.27. The van der Waals surface area contributed by atoms with Gasteiger partial charge in [-0.15, -0.1) is 0 Å². The van der Waals surface area contributed by atoms with Gasteiger partial charge < -0.3 is 19.5 Å². The normalized spacial score (nSPS) is 13.7. The van der Waals surface area contributed by atoms with Gasteiger partial charge >= 0.3 is 0 Å². The monoisotopic (exact) mass is 445 g/mol. The lowest BCUT2D eigenvalue weighted by atomic mass is 10.2. The molecule has 0 radical (unpaired) electrons. The Balaban J connectivity index is 1.84. The Labute approximate surface area is 184 Å². The first-order valence-electron chi connectivity index (χ1n) is 9.56. The van der Waals surface area contributed by atoms with Crippen molar-refractivity contribution in [2.24, 2.45) is 0 Å². The van der Waals surface area contributed by atoms with Crippen molar-refractivity contribution in [2.75, 3.05) is 31.8 Å². The summed E-state index contributed by atoms with van der Waals surface area (Å²) >= 11 is 12.2. The zero-order chi connectivity index (χ0) is 21.3.